The first-order valence-electron chi connectivity index (χ1n) is 5.20. The molecule has 1 aromatic carbocycles. The molecule has 3 nitrogen and oxygen atoms in total. The van der Waals surface area contributed by atoms with Crippen LogP contribution in [0.3, 0.4) is 0 Å². The van der Waals surface area contributed by atoms with E-state index in [1.54, 1.807) is 12.1 Å². The van der Waals surface area contributed by atoms with Gasteiger partial charge >= 0.3 is 0 Å². The van der Waals surface area contributed by atoms with Crippen LogP contribution in [0.2, 0.25) is 0 Å². The number of ether oxygens (including phenoxy) is 1. The van der Waals surface area contributed by atoms with Gasteiger partial charge in [0, 0.05) is 23.2 Å². The van der Waals surface area contributed by atoms with E-state index < -0.39 is 9.05 Å². The SMILES string of the molecule is O=S(=O)(Cl)c1cccc(C2CCCOC2)c1. The van der Waals surface area contributed by atoms with Crippen LogP contribution < -0.4 is 0 Å². The molecule has 0 saturated carbocycles. The van der Waals surface area contributed by atoms with Crippen molar-refractivity contribution in [1.82, 2.24) is 0 Å². The van der Waals surface area contributed by atoms with Gasteiger partial charge in [-0.3, -0.25) is 0 Å². The first-order valence-corrected chi connectivity index (χ1v) is 7.50. The second kappa shape index (κ2) is 4.73. The Morgan fingerprint density at radius 1 is 1.38 bits per heavy atom. The number of halogens is 1. The lowest BCUT2D eigenvalue weighted by Gasteiger charge is -2.22. The van der Waals surface area contributed by atoms with Crippen molar-refractivity contribution in [1.29, 1.82) is 0 Å². The minimum absolute atomic E-state index is 0.164. The second-order valence-corrected chi connectivity index (χ2v) is 6.49. The fraction of sp³-hybridized carbons (Fsp3) is 0.455. The van der Waals surface area contributed by atoms with Crippen molar-refractivity contribution in [3.05, 3.63) is 29.8 Å². The highest BCUT2D eigenvalue weighted by atomic mass is 35.7. The fourth-order valence-electron chi connectivity index (χ4n) is 1.92. The highest BCUT2D eigenvalue weighted by Gasteiger charge is 2.18. The van der Waals surface area contributed by atoms with E-state index in [9.17, 15) is 8.42 Å². The summed E-state index contributed by atoms with van der Waals surface area (Å²) >= 11 is 0. The summed E-state index contributed by atoms with van der Waals surface area (Å²) < 4.78 is 27.8. The third-order valence-corrected chi connectivity index (χ3v) is 4.12. The third-order valence-electron chi connectivity index (χ3n) is 2.77. The lowest BCUT2D eigenvalue weighted by molar-refractivity contribution is 0.0804. The highest BCUT2D eigenvalue weighted by Crippen LogP contribution is 2.27. The molecule has 0 amide bonds. The molecule has 1 fully saturated rings. The van der Waals surface area contributed by atoms with Crippen LogP contribution in [-0.2, 0) is 13.8 Å². The van der Waals surface area contributed by atoms with Crippen LogP contribution in [0, 0.1) is 0 Å². The first kappa shape index (κ1) is 11.9. The van der Waals surface area contributed by atoms with Crippen LogP contribution in [0.1, 0.15) is 24.3 Å². The van der Waals surface area contributed by atoms with Gasteiger partial charge in [0.25, 0.3) is 9.05 Å². The Morgan fingerprint density at radius 3 is 2.81 bits per heavy atom. The Labute approximate surface area is 99.8 Å². The molecular formula is C11H13ClO3S. The van der Waals surface area contributed by atoms with Crippen molar-refractivity contribution >= 4 is 19.7 Å². The van der Waals surface area contributed by atoms with E-state index >= 15 is 0 Å². The predicted octanol–water partition coefficient (Wildman–Crippen LogP) is 2.51. The molecule has 0 bridgehead atoms. The molecule has 1 atom stereocenters. The molecule has 1 aliphatic heterocycles. The second-order valence-electron chi connectivity index (χ2n) is 3.92. The molecule has 0 radical (unpaired) electrons. The van der Waals surface area contributed by atoms with Crippen molar-refractivity contribution in [3.8, 4) is 0 Å². The van der Waals surface area contributed by atoms with E-state index in [4.69, 9.17) is 15.4 Å². The Balaban J connectivity index is 2.28. The van der Waals surface area contributed by atoms with E-state index in [0.717, 1.165) is 25.0 Å². The van der Waals surface area contributed by atoms with Crippen molar-refractivity contribution in [2.75, 3.05) is 13.2 Å². The topological polar surface area (TPSA) is 43.4 Å². The lowest BCUT2D eigenvalue weighted by atomic mass is 9.94. The summed E-state index contributed by atoms with van der Waals surface area (Å²) in [5.41, 5.74) is 0.987. The van der Waals surface area contributed by atoms with Crippen LogP contribution in [0.25, 0.3) is 0 Å². The van der Waals surface area contributed by atoms with Gasteiger partial charge in [0.1, 0.15) is 0 Å². The summed E-state index contributed by atoms with van der Waals surface area (Å²) in [5.74, 6) is 0.284. The Morgan fingerprint density at radius 2 is 2.19 bits per heavy atom. The number of hydrogen-bond acceptors (Lipinski definition) is 3. The smallest absolute Gasteiger partial charge is 0.261 e. The predicted molar refractivity (Wildman–Crippen MR) is 62.3 cm³/mol. The number of hydrogen-bond donors (Lipinski definition) is 0. The summed E-state index contributed by atoms with van der Waals surface area (Å²) in [6, 6.07) is 6.79. The largest absolute Gasteiger partial charge is 0.381 e. The molecule has 1 aliphatic rings. The first-order chi connectivity index (χ1) is 7.57. The Kier molecular flexibility index (Phi) is 3.52. The van der Waals surface area contributed by atoms with E-state index in [-0.39, 0.29) is 10.8 Å². The molecule has 0 aromatic heterocycles. The van der Waals surface area contributed by atoms with E-state index in [1.807, 2.05) is 6.07 Å². The van der Waals surface area contributed by atoms with Gasteiger partial charge < -0.3 is 4.74 Å². The number of rotatable bonds is 2. The van der Waals surface area contributed by atoms with Crippen LogP contribution >= 0.6 is 10.7 Å². The molecular weight excluding hydrogens is 248 g/mol. The minimum atomic E-state index is -3.63. The summed E-state index contributed by atoms with van der Waals surface area (Å²) in [4.78, 5) is 0.164. The van der Waals surface area contributed by atoms with Gasteiger partial charge in [-0.1, -0.05) is 12.1 Å². The molecule has 5 heteroatoms. The summed E-state index contributed by atoms with van der Waals surface area (Å²) in [7, 11) is 1.68. The maximum atomic E-state index is 11.2. The van der Waals surface area contributed by atoms with Crippen LogP contribution in [0.4, 0.5) is 0 Å². The van der Waals surface area contributed by atoms with Gasteiger partial charge in [0.05, 0.1) is 11.5 Å². The molecule has 1 aromatic rings. The average Bonchev–Trinajstić information content (AvgIpc) is 2.29. The number of benzene rings is 1. The van der Waals surface area contributed by atoms with Crippen molar-refractivity contribution in [2.24, 2.45) is 0 Å². The van der Waals surface area contributed by atoms with Gasteiger partial charge in [0.2, 0.25) is 0 Å². The molecule has 0 spiro atoms. The van der Waals surface area contributed by atoms with E-state index in [0.29, 0.717) is 6.61 Å². The van der Waals surface area contributed by atoms with Crippen molar-refractivity contribution in [3.63, 3.8) is 0 Å². The molecule has 1 heterocycles. The quantitative estimate of drug-likeness (QED) is 0.768. The molecule has 1 unspecified atom stereocenters. The maximum Gasteiger partial charge on any atom is 0.261 e. The summed E-state index contributed by atoms with van der Waals surface area (Å²) in [6.45, 7) is 1.45. The van der Waals surface area contributed by atoms with E-state index in [2.05, 4.69) is 0 Å². The monoisotopic (exact) mass is 260 g/mol. The van der Waals surface area contributed by atoms with Crippen LogP contribution in [0.5, 0.6) is 0 Å². The summed E-state index contributed by atoms with van der Waals surface area (Å²) in [6.07, 6.45) is 2.05. The Bertz CT molecular complexity index is 464. The summed E-state index contributed by atoms with van der Waals surface area (Å²) in [5, 5.41) is 0. The Hall–Kier alpha value is -0.580. The lowest BCUT2D eigenvalue weighted by Crippen LogP contribution is -2.15. The van der Waals surface area contributed by atoms with Gasteiger partial charge in [0.15, 0.2) is 0 Å². The molecule has 2 rings (SSSR count). The van der Waals surface area contributed by atoms with Gasteiger partial charge in [-0.2, -0.15) is 0 Å². The average molecular weight is 261 g/mol. The van der Waals surface area contributed by atoms with Crippen molar-refractivity contribution in [2.45, 2.75) is 23.7 Å². The fourth-order valence-corrected chi connectivity index (χ4v) is 2.73. The zero-order valence-corrected chi connectivity index (χ0v) is 10.3. The standard InChI is InChI=1S/C11H13ClO3S/c12-16(13,14)11-5-1-3-9(7-11)10-4-2-6-15-8-10/h1,3,5,7,10H,2,4,6,8H2. The normalized spacial score (nSPS) is 21.9. The van der Waals surface area contributed by atoms with Crippen molar-refractivity contribution < 1.29 is 13.2 Å². The zero-order valence-electron chi connectivity index (χ0n) is 8.73. The third kappa shape index (κ3) is 2.75. The molecule has 0 N–H and O–H groups in total. The molecule has 0 aliphatic carbocycles. The van der Waals surface area contributed by atoms with E-state index in [1.165, 1.54) is 6.07 Å². The molecule has 88 valence electrons. The highest BCUT2D eigenvalue weighted by molar-refractivity contribution is 8.13. The van der Waals surface area contributed by atoms with Gasteiger partial charge in [-0.05, 0) is 30.5 Å². The van der Waals surface area contributed by atoms with Gasteiger partial charge in [-0.25, -0.2) is 8.42 Å². The maximum absolute atomic E-state index is 11.2. The van der Waals surface area contributed by atoms with Crippen LogP contribution in [0.15, 0.2) is 29.2 Å². The van der Waals surface area contributed by atoms with Crippen LogP contribution in [-0.4, -0.2) is 21.6 Å². The molecule has 16 heavy (non-hydrogen) atoms. The zero-order chi connectivity index (χ0) is 11.6. The van der Waals surface area contributed by atoms with Gasteiger partial charge in [-0.15, -0.1) is 0 Å². The minimum Gasteiger partial charge on any atom is -0.381 e. The molecule has 1 saturated heterocycles.